The van der Waals surface area contributed by atoms with E-state index in [-0.39, 0.29) is 11.1 Å². The Bertz CT molecular complexity index is 471. The number of benzene rings is 1. The fourth-order valence-electron chi connectivity index (χ4n) is 2.29. The first-order valence-corrected chi connectivity index (χ1v) is 6.41. The lowest BCUT2D eigenvalue weighted by atomic mass is 10.0. The molecule has 1 unspecified atom stereocenters. The smallest absolute Gasteiger partial charge is 0.254 e. The van der Waals surface area contributed by atoms with Crippen LogP contribution < -0.4 is 15.4 Å². The lowest BCUT2D eigenvalue weighted by molar-refractivity contribution is 0.0938. The SMILES string of the molecule is COc1ccc(C(=O)NCC2(C)CCCN2)c(F)c1. The zero-order valence-corrected chi connectivity index (χ0v) is 11.3. The lowest BCUT2D eigenvalue weighted by Gasteiger charge is -2.24. The molecule has 0 saturated carbocycles. The van der Waals surface area contributed by atoms with E-state index in [0.29, 0.717) is 12.3 Å². The van der Waals surface area contributed by atoms with E-state index in [9.17, 15) is 9.18 Å². The van der Waals surface area contributed by atoms with Crippen molar-refractivity contribution in [3.8, 4) is 5.75 Å². The van der Waals surface area contributed by atoms with Crippen LogP contribution in [-0.4, -0.2) is 31.6 Å². The van der Waals surface area contributed by atoms with Crippen molar-refractivity contribution in [1.29, 1.82) is 0 Å². The highest BCUT2D eigenvalue weighted by atomic mass is 19.1. The Balaban J connectivity index is 2.00. The fourth-order valence-corrected chi connectivity index (χ4v) is 2.29. The quantitative estimate of drug-likeness (QED) is 0.872. The molecule has 1 aliphatic rings. The summed E-state index contributed by atoms with van der Waals surface area (Å²) in [6, 6.07) is 4.23. The predicted molar refractivity (Wildman–Crippen MR) is 70.9 cm³/mol. The summed E-state index contributed by atoms with van der Waals surface area (Å²) in [6.07, 6.45) is 2.11. The molecule has 1 fully saturated rings. The zero-order chi connectivity index (χ0) is 13.9. The molecule has 0 bridgehead atoms. The first-order valence-electron chi connectivity index (χ1n) is 6.41. The van der Waals surface area contributed by atoms with E-state index in [1.54, 1.807) is 6.07 Å². The molecule has 1 aliphatic heterocycles. The summed E-state index contributed by atoms with van der Waals surface area (Å²) in [4.78, 5) is 11.9. The number of carbonyl (C=O) groups is 1. The van der Waals surface area contributed by atoms with Crippen LogP contribution in [0, 0.1) is 5.82 Å². The van der Waals surface area contributed by atoms with Gasteiger partial charge in [-0.25, -0.2) is 4.39 Å². The van der Waals surface area contributed by atoms with E-state index in [2.05, 4.69) is 17.6 Å². The maximum absolute atomic E-state index is 13.7. The van der Waals surface area contributed by atoms with Crippen LogP contribution in [0.15, 0.2) is 18.2 Å². The van der Waals surface area contributed by atoms with Crippen molar-refractivity contribution in [2.75, 3.05) is 20.2 Å². The minimum Gasteiger partial charge on any atom is -0.497 e. The average Bonchev–Trinajstić information content (AvgIpc) is 2.83. The minimum atomic E-state index is -0.568. The van der Waals surface area contributed by atoms with E-state index in [1.165, 1.54) is 19.2 Å². The highest BCUT2D eigenvalue weighted by molar-refractivity contribution is 5.94. The van der Waals surface area contributed by atoms with Crippen LogP contribution in [0.25, 0.3) is 0 Å². The third-order valence-corrected chi connectivity index (χ3v) is 3.52. The number of rotatable bonds is 4. The van der Waals surface area contributed by atoms with Crippen molar-refractivity contribution in [3.05, 3.63) is 29.6 Å². The Morgan fingerprint density at radius 1 is 1.58 bits per heavy atom. The molecular weight excluding hydrogens is 247 g/mol. The normalized spacial score (nSPS) is 22.3. The molecular formula is C14H19FN2O2. The Hall–Kier alpha value is -1.62. The third kappa shape index (κ3) is 3.23. The monoisotopic (exact) mass is 266 g/mol. The molecule has 4 nitrogen and oxygen atoms in total. The van der Waals surface area contributed by atoms with Gasteiger partial charge in [-0.15, -0.1) is 0 Å². The first-order chi connectivity index (χ1) is 9.04. The van der Waals surface area contributed by atoms with Crippen LogP contribution in [0.4, 0.5) is 4.39 Å². The second-order valence-corrected chi connectivity index (χ2v) is 5.12. The highest BCUT2D eigenvalue weighted by Crippen LogP contribution is 2.19. The van der Waals surface area contributed by atoms with Crippen molar-refractivity contribution in [1.82, 2.24) is 10.6 Å². The van der Waals surface area contributed by atoms with Crippen LogP contribution in [0.5, 0.6) is 5.75 Å². The van der Waals surface area contributed by atoms with Gasteiger partial charge >= 0.3 is 0 Å². The van der Waals surface area contributed by atoms with E-state index < -0.39 is 11.7 Å². The van der Waals surface area contributed by atoms with Gasteiger partial charge in [-0.2, -0.15) is 0 Å². The number of carbonyl (C=O) groups excluding carboxylic acids is 1. The molecule has 2 rings (SSSR count). The molecule has 19 heavy (non-hydrogen) atoms. The number of halogens is 1. The van der Waals surface area contributed by atoms with Gasteiger partial charge in [0.2, 0.25) is 0 Å². The van der Waals surface area contributed by atoms with Gasteiger partial charge in [-0.05, 0) is 38.4 Å². The number of hydrogen-bond donors (Lipinski definition) is 2. The maximum Gasteiger partial charge on any atom is 0.254 e. The summed E-state index contributed by atoms with van der Waals surface area (Å²) in [7, 11) is 1.46. The third-order valence-electron chi connectivity index (χ3n) is 3.52. The summed E-state index contributed by atoms with van der Waals surface area (Å²) in [6.45, 7) is 3.52. The average molecular weight is 266 g/mol. The molecule has 1 amide bonds. The van der Waals surface area contributed by atoms with Gasteiger partial charge in [0.25, 0.3) is 5.91 Å². The van der Waals surface area contributed by atoms with Gasteiger partial charge in [-0.3, -0.25) is 4.79 Å². The molecule has 0 spiro atoms. The molecule has 1 aromatic rings. The van der Waals surface area contributed by atoms with Crippen molar-refractivity contribution >= 4 is 5.91 Å². The summed E-state index contributed by atoms with van der Waals surface area (Å²) >= 11 is 0. The molecule has 5 heteroatoms. The summed E-state index contributed by atoms with van der Waals surface area (Å²) in [5.41, 5.74) is -0.0408. The molecule has 0 aliphatic carbocycles. The molecule has 104 valence electrons. The van der Waals surface area contributed by atoms with Crippen molar-refractivity contribution in [2.45, 2.75) is 25.3 Å². The van der Waals surface area contributed by atoms with Gasteiger partial charge in [-0.1, -0.05) is 0 Å². The van der Waals surface area contributed by atoms with E-state index in [4.69, 9.17) is 4.74 Å². The van der Waals surface area contributed by atoms with Gasteiger partial charge < -0.3 is 15.4 Å². The van der Waals surface area contributed by atoms with E-state index in [1.807, 2.05) is 0 Å². The number of hydrogen-bond acceptors (Lipinski definition) is 3. The van der Waals surface area contributed by atoms with Crippen molar-refractivity contribution in [3.63, 3.8) is 0 Å². The van der Waals surface area contributed by atoms with Crippen LogP contribution in [0.1, 0.15) is 30.1 Å². The summed E-state index contributed by atoms with van der Waals surface area (Å²) in [5.74, 6) is -0.560. The fraction of sp³-hybridized carbons (Fsp3) is 0.500. The first kappa shape index (κ1) is 13.8. The molecule has 1 aromatic carbocycles. The Morgan fingerprint density at radius 2 is 2.37 bits per heavy atom. The topological polar surface area (TPSA) is 50.4 Å². The van der Waals surface area contributed by atoms with Gasteiger partial charge in [0.15, 0.2) is 0 Å². The minimum absolute atomic E-state index is 0.0439. The van der Waals surface area contributed by atoms with E-state index >= 15 is 0 Å². The van der Waals surface area contributed by atoms with Crippen molar-refractivity contribution in [2.24, 2.45) is 0 Å². The Morgan fingerprint density at radius 3 is 2.95 bits per heavy atom. The molecule has 2 N–H and O–H groups in total. The number of methoxy groups -OCH3 is 1. The molecule has 1 heterocycles. The molecule has 0 aromatic heterocycles. The van der Waals surface area contributed by atoms with Crippen LogP contribution >= 0.6 is 0 Å². The van der Waals surface area contributed by atoms with E-state index in [0.717, 1.165) is 19.4 Å². The molecule has 1 atom stereocenters. The summed E-state index contributed by atoms with van der Waals surface area (Å²) in [5, 5.41) is 6.12. The molecule has 1 saturated heterocycles. The Labute approximate surface area is 112 Å². The van der Waals surface area contributed by atoms with Crippen LogP contribution in [0.3, 0.4) is 0 Å². The predicted octanol–water partition coefficient (Wildman–Crippen LogP) is 1.71. The number of nitrogens with one attached hydrogen (secondary N) is 2. The lowest BCUT2D eigenvalue weighted by Crippen LogP contribution is -2.47. The van der Waals surface area contributed by atoms with Crippen LogP contribution in [-0.2, 0) is 0 Å². The molecule has 0 radical (unpaired) electrons. The highest BCUT2D eigenvalue weighted by Gasteiger charge is 2.28. The largest absolute Gasteiger partial charge is 0.497 e. The standard InChI is InChI=1S/C14H19FN2O2/c1-14(6-3-7-17-14)9-16-13(18)11-5-4-10(19-2)8-12(11)15/h4-5,8,17H,3,6-7,9H2,1-2H3,(H,16,18). The zero-order valence-electron chi connectivity index (χ0n) is 11.3. The van der Waals surface area contributed by atoms with Crippen molar-refractivity contribution < 1.29 is 13.9 Å². The van der Waals surface area contributed by atoms with Gasteiger partial charge in [0.1, 0.15) is 11.6 Å². The van der Waals surface area contributed by atoms with Gasteiger partial charge in [0, 0.05) is 18.2 Å². The second-order valence-electron chi connectivity index (χ2n) is 5.12. The number of amides is 1. The second kappa shape index (κ2) is 5.57. The van der Waals surface area contributed by atoms with Gasteiger partial charge in [0.05, 0.1) is 12.7 Å². The Kier molecular flexibility index (Phi) is 4.04. The van der Waals surface area contributed by atoms with Crippen LogP contribution in [0.2, 0.25) is 0 Å². The number of ether oxygens (including phenoxy) is 1. The maximum atomic E-state index is 13.7. The summed E-state index contributed by atoms with van der Waals surface area (Å²) < 4.78 is 18.6.